The molecular weight excluding hydrogens is 296 g/mol. The summed E-state index contributed by atoms with van der Waals surface area (Å²) in [6.07, 6.45) is 1.41. The third-order valence-corrected chi connectivity index (χ3v) is 2.74. The third-order valence-electron chi connectivity index (χ3n) is 2.46. The first-order chi connectivity index (χ1) is 10.0. The highest BCUT2D eigenvalue weighted by atomic mass is 35.5. The molecule has 0 saturated heterocycles. The van der Waals surface area contributed by atoms with Crippen LogP contribution in [0.25, 0.3) is 0 Å². The molecule has 0 spiro atoms. The second-order valence-corrected chi connectivity index (χ2v) is 4.84. The van der Waals surface area contributed by atoms with E-state index in [1.165, 1.54) is 6.20 Å². The Morgan fingerprint density at radius 3 is 2.90 bits per heavy atom. The summed E-state index contributed by atoms with van der Waals surface area (Å²) in [6, 6.07) is 0.157. The van der Waals surface area contributed by atoms with E-state index in [0.717, 1.165) is 0 Å². The standard InChI is InChI=1S/C12H15ClN6O2/c1-4-21-12-17-11(18-19-12)16-10(20)8-7(13)5-14-9(15-8)6(2)3/h5-6H,4H2,1-3H3,(H2,16,17,18,19,20). The Kier molecular flexibility index (Phi) is 4.69. The smallest absolute Gasteiger partial charge is 0.337 e. The van der Waals surface area contributed by atoms with Crippen molar-refractivity contribution < 1.29 is 9.53 Å². The summed E-state index contributed by atoms with van der Waals surface area (Å²) < 4.78 is 5.09. The van der Waals surface area contributed by atoms with E-state index in [-0.39, 0.29) is 28.6 Å². The van der Waals surface area contributed by atoms with Gasteiger partial charge in [-0.2, -0.15) is 4.98 Å². The highest BCUT2D eigenvalue weighted by Gasteiger charge is 2.17. The molecule has 9 heteroatoms. The number of carbonyl (C=O) groups excluding carboxylic acids is 1. The Labute approximate surface area is 126 Å². The number of amides is 1. The number of hydrogen-bond acceptors (Lipinski definition) is 6. The Balaban J connectivity index is 2.17. The maximum absolute atomic E-state index is 12.2. The maximum Gasteiger partial charge on any atom is 0.337 e. The SMILES string of the molecule is CCOc1n[nH]c(NC(=O)c2nc(C(C)C)ncc2Cl)n1. The van der Waals surface area contributed by atoms with Crippen molar-refractivity contribution in [2.24, 2.45) is 0 Å². The third kappa shape index (κ3) is 3.66. The number of ether oxygens (including phenoxy) is 1. The highest BCUT2D eigenvalue weighted by Crippen LogP contribution is 2.17. The fourth-order valence-corrected chi connectivity index (χ4v) is 1.66. The largest absolute Gasteiger partial charge is 0.463 e. The summed E-state index contributed by atoms with van der Waals surface area (Å²) in [5.74, 6) is 0.286. The van der Waals surface area contributed by atoms with Crippen LogP contribution in [0, 0.1) is 0 Å². The van der Waals surface area contributed by atoms with Gasteiger partial charge in [0.15, 0.2) is 5.69 Å². The zero-order chi connectivity index (χ0) is 15.4. The van der Waals surface area contributed by atoms with Gasteiger partial charge in [0.1, 0.15) is 5.82 Å². The van der Waals surface area contributed by atoms with E-state index in [1.807, 2.05) is 20.8 Å². The van der Waals surface area contributed by atoms with Crippen LogP contribution in [-0.2, 0) is 0 Å². The van der Waals surface area contributed by atoms with Crippen molar-refractivity contribution >= 4 is 23.5 Å². The number of halogens is 1. The molecule has 0 aromatic carbocycles. The van der Waals surface area contributed by atoms with Crippen LogP contribution in [0.15, 0.2) is 6.20 Å². The summed E-state index contributed by atoms with van der Waals surface area (Å²) in [5.41, 5.74) is 0.0877. The number of nitrogens with one attached hydrogen (secondary N) is 2. The first-order valence-corrected chi connectivity index (χ1v) is 6.78. The molecule has 2 heterocycles. The summed E-state index contributed by atoms with van der Waals surface area (Å²) in [5, 5.41) is 9.01. The molecule has 112 valence electrons. The van der Waals surface area contributed by atoms with Gasteiger partial charge in [-0.15, -0.1) is 5.10 Å². The quantitative estimate of drug-likeness (QED) is 0.875. The van der Waals surface area contributed by atoms with Crippen molar-refractivity contribution in [3.05, 3.63) is 22.7 Å². The molecule has 2 aromatic heterocycles. The van der Waals surface area contributed by atoms with Gasteiger partial charge in [0.05, 0.1) is 17.8 Å². The van der Waals surface area contributed by atoms with Crippen LogP contribution in [0.2, 0.25) is 5.02 Å². The molecule has 0 unspecified atom stereocenters. The van der Waals surface area contributed by atoms with Gasteiger partial charge < -0.3 is 4.74 Å². The predicted molar refractivity (Wildman–Crippen MR) is 76.6 cm³/mol. The molecule has 21 heavy (non-hydrogen) atoms. The van der Waals surface area contributed by atoms with E-state index in [9.17, 15) is 4.79 Å². The molecule has 0 bridgehead atoms. The van der Waals surface area contributed by atoms with Crippen molar-refractivity contribution in [1.82, 2.24) is 25.1 Å². The van der Waals surface area contributed by atoms with Gasteiger partial charge >= 0.3 is 6.01 Å². The number of anilines is 1. The van der Waals surface area contributed by atoms with Crippen molar-refractivity contribution in [3.63, 3.8) is 0 Å². The van der Waals surface area contributed by atoms with Gasteiger partial charge in [-0.25, -0.2) is 15.1 Å². The van der Waals surface area contributed by atoms with Gasteiger partial charge in [-0.1, -0.05) is 25.4 Å². The van der Waals surface area contributed by atoms with Crippen LogP contribution in [0.3, 0.4) is 0 Å². The molecular formula is C12H15ClN6O2. The van der Waals surface area contributed by atoms with Crippen molar-refractivity contribution in [3.8, 4) is 6.01 Å². The van der Waals surface area contributed by atoms with Crippen LogP contribution >= 0.6 is 11.6 Å². The monoisotopic (exact) mass is 310 g/mol. The van der Waals surface area contributed by atoms with Gasteiger partial charge in [0.25, 0.3) is 5.91 Å². The summed E-state index contributed by atoms with van der Waals surface area (Å²) in [4.78, 5) is 24.3. The zero-order valence-corrected chi connectivity index (χ0v) is 12.6. The normalized spacial score (nSPS) is 10.7. The molecule has 2 N–H and O–H groups in total. The Morgan fingerprint density at radius 2 is 2.24 bits per heavy atom. The minimum absolute atomic E-state index is 0.0867. The summed E-state index contributed by atoms with van der Waals surface area (Å²) in [6.45, 7) is 6.09. The van der Waals surface area contributed by atoms with E-state index in [0.29, 0.717) is 12.4 Å². The van der Waals surface area contributed by atoms with Crippen LogP contribution in [-0.4, -0.2) is 37.7 Å². The minimum Gasteiger partial charge on any atom is -0.463 e. The lowest BCUT2D eigenvalue weighted by molar-refractivity contribution is 0.102. The molecule has 0 aliphatic rings. The maximum atomic E-state index is 12.2. The van der Waals surface area contributed by atoms with Gasteiger partial charge in [0.2, 0.25) is 5.95 Å². The van der Waals surface area contributed by atoms with Crippen molar-refractivity contribution in [2.75, 3.05) is 11.9 Å². The average Bonchev–Trinajstić information content (AvgIpc) is 2.86. The Hall–Kier alpha value is -2.22. The number of nitrogens with zero attached hydrogens (tertiary/aromatic N) is 4. The van der Waals surface area contributed by atoms with Gasteiger partial charge in [0, 0.05) is 5.92 Å². The van der Waals surface area contributed by atoms with Crippen LogP contribution in [0.1, 0.15) is 43.0 Å². The molecule has 8 nitrogen and oxygen atoms in total. The lowest BCUT2D eigenvalue weighted by Gasteiger charge is -2.07. The summed E-state index contributed by atoms with van der Waals surface area (Å²) >= 11 is 5.96. The lowest BCUT2D eigenvalue weighted by atomic mass is 10.2. The molecule has 2 rings (SSSR count). The number of hydrogen-bond donors (Lipinski definition) is 2. The average molecular weight is 311 g/mol. The van der Waals surface area contributed by atoms with Crippen molar-refractivity contribution in [2.45, 2.75) is 26.7 Å². The van der Waals surface area contributed by atoms with Crippen LogP contribution in [0.5, 0.6) is 6.01 Å². The van der Waals surface area contributed by atoms with Gasteiger partial charge in [-0.3, -0.25) is 10.1 Å². The van der Waals surface area contributed by atoms with Crippen molar-refractivity contribution in [1.29, 1.82) is 0 Å². The number of aromatic nitrogens is 5. The van der Waals surface area contributed by atoms with Crippen LogP contribution in [0.4, 0.5) is 5.95 Å². The molecule has 0 radical (unpaired) electrons. The summed E-state index contributed by atoms with van der Waals surface area (Å²) in [7, 11) is 0. The molecule has 2 aromatic rings. The minimum atomic E-state index is -0.497. The molecule has 0 aliphatic carbocycles. The number of carbonyl (C=O) groups is 1. The first-order valence-electron chi connectivity index (χ1n) is 6.40. The zero-order valence-electron chi connectivity index (χ0n) is 11.8. The molecule has 0 atom stereocenters. The van der Waals surface area contributed by atoms with E-state index in [4.69, 9.17) is 16.3 Å². The molecule has 0 aliphatic heterocycles. The number of H-pyrrole nitrogens is 1. The Bertz CT molecular complexity index is 642. The predicted octanol–water partition coefficient (Wildman–Crippen LogP) is 2.02. The van der Waals surface area contributed by atoms with E-state index in [2.05, 4.69) is 30.5 Å². The van der Waals surface area contributed by atoms with E-state index in [1.54, 1.807) is 0 Å². The second kappa shape index (κ2) is 6.49. The van der Waals surface area contributed by atoms with Crippen LogP contribution < -0.4 is 10.1 Å². The molecule has 0 fully saturated rings. The number of rotatable bonds is 5. The fourth-order valence-electron chi connectivity index (χ4n) is 1.48. The fraction of sp³-hybridized carbons (Fsp3) is 0.417. The Morgan fingerprint density at radius 1 is 1.48 bits per heavy atom. The van der Waals surface area contributed by atoms with E-state index >= 15 is 0 Å². The highest BCUT2D eigenvalue weighted by molar-refractivity contribution is 6.33. The first kappa shape index (κ1) is 15.2. The lowest BCUT2D eigenvalue weighted by Crippen LogP contribution is -2.17. The topological polar surface area (TPSA) is 106 Å². The second-order valence-electron chi connectivity index (χ2n) is 4.43. The number of aromatic amines is 1. The van der Waals surface area contributed by atoms with Gasteiger partial charge in [-0.05, 0) is 6.92 Å². The van der Waals surface area contributed by atoms with E-state index < -0.39 is 5.91 Å². The molecule has 0 saturated carbocycles. The molecule has 1 amide bonds.